The molecule has 2 heterocycles. The Hall–Kier alpha value is -0.380. The Bertz CT molecular complexity index is 349. The van der Waals surface area contributed by atoms with Crippen molar-refractivity contribution in [3.05, 3.63) is 21.4 Å². The van der Waals surface area contributed by atoms with E-state index in [0.717, 1.165) is 25.7 Å². The van der Waals surface area contributed by atoms with E-state index in [9.17, 15) is 0 Å². The first-order valence-electron chi connectivity index (χ1n) is 7.10. The third-order valence-electron chi connectivity index (χ3n) is 3.84. The molecule has 1 aromatic rings. The van der Waals surface area contributed by atoms with Crippen molar-refractivity contribution in [1.29, 1.82) is 0 Å². The summed E-state index contributed by atoms with van der Waals surface area (Å²) in [6.45, 7) is 9.65. The average molecular weight is 267 g/mol. The van der Waals surface area contributed by atoms with Crippen molar-refractivity contribution in [2.45, 2.75) is 46.1 Å². The van der Waals surface area contributed by atoms with E-state index in [1.807, 2.05) is 11.3 Å². The van der Waals surface area contributed by atoms with Crippen LogP contribution < -0.4 is 5.32 Å². The zero-order valence-corrected chi connectivity index (χ0v) is 12.6. The molecule has 1 fully saturated rings. The van der Waals surface area contributed by atoms with Crippen LogP contribution in [0, 0.1) is 19.8 Å². The standard InChI is InChI=1S/C15H25NOS/c1-4-7-16-15(13-5-8-17-9-6-13)14-10-11(2)12(3)18-14/h10,13,15-16H,4-9H2,1-3H3. The predicted molar refractivity (Wildman–Crippen MR) is 78.4 cm³/mol. The van der Waals surface area contributed by atoms with Crippen LogP contribution in [0.1, 0.15) is 47.5 Å². The van der Waals surface area contributed by atoms with Crippen LogP contribution in [0.4, 0.5) is 0 Å². The fraction of sp³-hybridized carbons (Fsp3) is 0.733. The van der Waals surface area contributed by atoms with Crippen LogP contribution >= 0.6 is 11.3 Å². The minimum absolute atomic E-state index is 0.534. The van der Waals surface area contributed by atoms with Crippen molar-refractivity contribution in [2.24, 2.45) is 5.92 Å². The van der Waals surface area contributed by atoms with Gasteiger partial charge in [-0.05, 0) is 57.2 Å². The Kier molecular flexibility index (Phi) is 5.22. The van der Waals surface area contributed by atoms with Gasteiger partial charge < -0.3 is 10.1 Å². The van der Waals surface area contributed by atoms with Gasteiger partial charge in [-0.15, -0.1) is 11.3 Å². The van der Waals surface area contributed by atoms with Gasteiger partial charge in [-0.3, -0.25) is 0 Å². The van der Waals surface area contributed by atoms with Gasteiger partial charge in [-0.1, -0.05) is 6.92 Å². The molecule has 1 atom stereocenters. The van der Waals surface area contributed by atoms with E-state index < -0.39 is 0 Å². The van der Waals surface area contributed by atoms with Crippen molar-refractivity contribution in [3.63, 3.8) is 0 Å². The second-order valence-electron chi connectivity index (χ2n) is 5.27. The molecule has 102 valence electrons. The van der Waals surface area contributed by atoms with E-state index in [1.165, 1.54) is 34.6 Å². The van der Waals surface area contributed by atoms with Crippen molar-refractivity contribution in [1.82, 2.24) is 5.32 Å². The van der Waals surface area contributed by atoms with Gasteiger partial charge in [0.05, 0.1) is 0 Å². The van der Waals surface area contributed by atoms with E-state index in [2.05, 4.69) is 32.2 Å². The summed E-state index contributed by atoms with van der Waals surface area (Å²) in [7, 11) is 0. The number of aryl methyl sites for hydroxylation is 2. The summed E-state index contributed by atoms with van der Waals surface area (Å²) >= 11 is 1.96. The molecular formula is C15H25NOS. The molecule has 0 aliphatic carbocycles. The minimum Gasteiger partial charge on any atom is -0.381 e. The summed E-state index contributed by atoms with van der Waals surface area (Å²) in [6, 6.07) is 2.91. The molecule has 0 radical (unpaired) electrons. The Labute approximate surface area is 115 Å². The lowest BCUT2D eigenvalue weighted by Crippen LogP contribution is -2.32. The van der Waals surface area contributed by atoms with E-state index in [-0.39, 0.29) is 0 Å². The number of thiophene rings is 1. The maximum absolute atomic E-state index is 5.49. The number of rotatable bonds is 5. The van der Waals surface area contributed by atoms with Crippen LogP contribution in [-0.2, 0) is 4.74 Å². The first-order chi connectivity index (χ1) is 8.72. The van der Waals surface area contributed by atoms with Crippen LogP contribution in [0.5, 0.6) is 0 Å². The van der Waals surface area contributed by atoms with Gasteiger partial charge in [0.25, 0.3) is 0 Å². The second-order valence-corrected chi connectivity index (χ2v) is 6.56. The van der Waals surface area contributed by atoms with Gasteiger partial charge in [0, 0.05) is 29.0 Å². The monoisotopic (exact) mass is 267 g/mol. The Morgan fingerprint density at radius 1 is 1.39 bits per heavy atom. The topological polar surface area (TPSA) is 21.3 Å². The van der Waals surface area contributed by atoms with Gasteiger partial charge in [-0.2, -0.15) is 0 Å². The van der Waals surface area contributed by atoms with Gasteiger partial charge in [0.15, 0.2) is 0 Å². The molecule has 18 heavy (non-hydrogen) atoms. The summed E-state index contributed by atoms with van der Waals surface area (Å²) in [5.41, 5.74) is 1.44. The van der Waals surface area contributed by atoms with Crippen molar-refractivity contribution >= 4 is 11.3 Å². The molecule has 3 heteroatoms. The third-order valence-corrected chi connectivity index (χ3v) is 5.08. The molecule has 1 aromatic heterocycles. The third kappa shape index (κ3) is 3.34. The molecule has 2 rings (SSSR count). The SMILES string of the molecule is CCCNC(c1cc(C)c(C)s1)C1CCOCC1. The van der Waals surface area contributed by atoms with Crippen LogP contribution in [-0.4, -0.2) is 19.8 Å². The minimum atomic E-state index is 0.534. The first kappa shape index (κ1) is 14.0. The Morgan fingerprint density at radius 2 is 2.11 bits per heavy atom. The number of hydrogen-bond acceptors (Lipinski definition) is 3. The van der Waals surface area contributed by atoms with Crippen molar-refractivity contribution in [3.8, 4) is 0 Å². The van der Waals surface area contributed by atoms with Gasteiger partial charge in [0.1, 0.15) is 0 Å². The number of hydrogen-bond donors (Lipinski definition) is 1. The molecular weight excluding hydrogens is 242 g/mol. The molecule has 2 nitrogen and oxygen atoms in total. The summed E-state index contributed by atoms with van der Waals surface area (Å²) < 4.78 is 5.49. The highest BCUT2D eigenvalue weighted by Gasteiger charge is 2.26. The summed E-state index contributed by atoms with van der Waals surface area (Å²) in [6.07, 6.45) is 3.58. The smallest absolute Gasteiger partial charge is 0.0469 e. The van der Waals surface area contributed by atoms with E-state index >= 15 is 0 Å². The fourth-order valence-electron chi connectivity index (χ4n) is 2.60. The van der Waals surface area contributed by atoms with E-state index in [1.54, 1.807) is 0 Å². The molecule has 1 saturated heterocycles. The van der Waals surface area contributed by atoms with Crippen molar-refractivity contribution < 1.29 is 4.74 Å². The van der Waals surface area contributed by atoms with Gasteiger partial charge >= 0.3 is 0 Å². The molecule has 0 spiro atoms. The summed E-state index contributed by atoms with van der Waals surface area (Å²) in [5.74, 6) is 0.739. The normalized spacial score (nSPS) is 19.1. The summed E-state index contributed by atoms with van der Waals surface area (Å²) in [5, 5.41) is 3.75. The van der Waals surface area contributed by atoms with Crippen LogP contribution in [0.15, 0.2) is 6.07 Å². The van der Waals surface area contributed by atoms with Crippen LogP contribution in [0.25, 0.3) is 0 Å². The lowest BCUT2D eigenvalue weighted by atomic mass is 9.90. The molecule has 1 aliphatic heterocycles. The van der Waals surface area contributed by atoms with Gasteiger partial charge in [-0.25, -0.2) is 0 Å². The highest BCUT2D eigenvalue weighted by Crippen LogP contribution is 2.35. The maximum atomic E-state index is 5.49. The summed E-state index contributed by atoms with van der Waals surface area (Å²) in [4.78, 5) is 2.98. The molecule has 1 unspecified atom stereocenters. The first-order valence-corrected chi connectivity index (χ1v) is 7.92. The molecule has 0 bridgehead atoms. The lowest BCUT2D eigenvalue weighted by Gasteiger charge is -2.30. The van der Waals surface area contributed by atoms with Crippen LogP contribution in [0.3, 0.4) is 0 Å². The Morgan fingerprint density at radius 3 is 2.67 bits per heavy atom. The highest BCUT2D eigenvalue weighted by atomic mass is 32.1. The number of ether oxygens (including phenoxy) is 1. The maximum Gasteiger partial charge on any atom is 0.0469 e. The predicted octanol–water partition coefficient (Wildman–Crippen LogP) is 3.83. The molecule has 0 saturated carbocycles. The molecule has 0 amide bonds. The zero-order chi connectivity index (χ0) is 13.0. The molecule has 1 N–H and O–H groups in total. The fourth-order valence-corrected chi connectivity index (χ4v) is 3.82. The van der Waals surface area contributed by atoms with Crippen molar-refractivity contribution in [2.75, 3.05) is 19.8 Å². The lowest BCUT2D eigenvalue weighted by molar-refractivity contribution is 0.0540. The molecule has 1 aliphatic rings. The Balaban J connectivity index is 2.12. The van der Waals surface area contributed by atoms with E-state index in [0.29, 0.717) is 6.04 Å². The zero-order valence-electron chi connectivity index (χ0n) is 11.8. The highest BCUT2D eigenvalue weighted by molar-refractivity contribution is 7.12. The van der Waals surface area contributed by atoms with Gasteiger partial charge in [0.2, 0.25) is 0 Å². The van der Waals surface area contributed by atoms with Crippen LogP contribution in [0.2, 0.25) is 0 Å². The average Bonchev–Trinajstić information content (AvgIpc) is 2.71. The van der Waals surface area contributed by atoms with E-state index in [4.69, 9.17) is 4.74 Å². The quantitative estimate of drug-likeness (QED) is 0.875. The molecule has 0 aromatic carbocycles. The largest absolute Gasteiger partial charge is 0.381 e. The second kappa shape index (κ2) is 6.69. The number of nitrogens with one attached hydrogen (secondary N) is 1.